The number of pyridine rings is 2. The summed E-state index contributed by atoms with van der Waals surface area (Å²) in [5, 5.41) is 4.87. The molecule has 9 nitrogen and oxygen atoms in total. The highest BCUT2D eigenvalue weighted by Gasteiger charge is 2.55. The average Bonchev–Trinajstić information content (AvgIpc) is 3.23. The number of likely N-dealkylation sites (tertiary alicyclic amines) is 1. The minimum Gasteiger partial charge on any atom is -0.364 e. The van der Waals surface area contributed by atoms with Gasteiger partial charge < -0.3 is 10.6 Å². The number of nitrogens with zero attached hydrogens (tertiary/aromatic N) is 5. The molecule has 1 aliphatic carbocycles. The van der Waals surface area contributed by atoms with Crippen LogP contribution < -0.4 is 5.73 Å². The predicted molar refractivity (Wildman–Crippen MR) is 119 cm³/mol. The fourth-order valence-electron chi connectivity index (χ4n) is 4.75. The molecule has 2 fully saturated rings. The van der Waals surface area contributed by atoms with Gasteiger partial charge in [0, 0.05) is 23.3 Å². The Hall–Kier alpha value is -3.14. The molecule has 10 heteroatoms. The summed E-state index contributed by atoms with van der Waals surface area (Å²) in [6.45, 7) is 1.71. The van der Waals surface area contributed by atoms with Crippen molar-refractivity contribution in [2.24, 2.45) is 11.7 Å². The molecule has 1 saturated heterocycles. The van der Waals surface area contributed by atoms with E-state index < -0.39 is 11.9 Å². The summed E-state index contributed by atoms with van der Waals surface area (Å²) < 4.78 is 2.15. The number of aryl methyl sites for hydroxylation is 1. The van der Waals surface area contributed by atoms with Crippen molar-refractivity contribution in [1.29, 1.82) is 0 Å². The molecule has 0 bridgehead atoms. The van der Waals surface area contributed by atoms with Crippen molar-refractivity contribution in [2.75, 3.05) is 0 Å². The van der Waals surface area contributed by atoms with Gasteiger partial charge in [0.05, 0.1) is 23.7 Å². The van der Waals surface area contributed by atoms with Crippen molar-refractivity contribution in [1.82, 2.24) is 24.6 Å². The number of rotatable bonds is 6. The van der Waals surface area contributed by atoms with Gasteiger partial charge in [0.1, 0.15) is 11.1 Å². The molecule has 1 saturated carbocycles. The fourth-order valence-corrected chi connectivity index (χ4v) is 5.13. The Kier molecular flexibility index (Phi) is 5.04. The Bertz CT molecular complexity index is 1270. The molecular formula is C22H21BrN6O3. The van der Waals surface area contributed by atoms with Gasteiger partial charge in [-0.05, 0) is 59.8 Å². The predicted octanol–water partition coefficient (Wildman–Crippen LogP) is 1.80. The van der Waals surface area contributed by atoms with Crippen molar-refractivity contribution in [3.63, 3.8) is 0 Å². The zero-order chi connectivity index (χ0) is 22.6. The van der Waals surface area contributed by atoms with Crippen LogP contribution in [-0.4, -0.2) is 54.3 Å². The van der Waals surface area contributed by atoms with Gasteiger partial charge in [0.25, 0.3) is 5.91 Å². The van der Waals surface area contributed by atoms with E-state index >= 15 is 0 Å². The first-order valence-corrected chi connectivity index (χ1v) is 11.2. The van der Waals surface area contributed by atoms with Gasteiger partial charge >= 0.3 is 0 Å². The molecule has 1 aliphatic heterocycles. The minimum absolute atomic E-state index is 0.0165. The minimum atomic E-state index is -0.662. The highest BCUT2D eigenvalue weighted by Crippen LogP contribution is 2.48. The number of aromatic nitrogens is 4. The van der Waals surface area contributed by atoms with Gasteiger partial charge in [0.2, 0.25) is 5.91 Å². The van der Waals surface area contributed by atoms with E-state index in [1.165, 1.54) is 4.68 Å². The van der Waals surface area contributed by atoms with Crippen LogP contribution in [0.2, 0.25) is 0 Å². The number of halogens is 1. The van der Waals surface area contributed by atoms with Crippen LogP contribution in [0, 0.1) is 12.8 Å². The van der Waals surface area contributed by atoms with E-state index in [9.17, 15) is 14.4 Å². The van der Waals surface area contributed by atoms with Crippen LogP contribution in [0.4, 0.5) is 0 Å². The zero-order valence-corrected chi connectivity index (χ0v) is 18.9. The van der Waals surface area contributed by atoms with Crippen molar-refractivity contribution >= 4 is 44.4 Å². The second-order valence-corrected chi connectivity index (χ2v) is 9.19. The standard InChI is InChI=1S/C22H21BrN6O3/c1-11-21-14(5-6-25-11)20(22(24)32)27-28(21)10-19(31)29-15-7-12(15)8-16(29)17(30)9-13-3-2-4-18(23)26-13/h2-6,12,15-16H,7-10H2,1H3,(H2,24,32)/t12-,15-,16+/m1/s1. The van der Waals surface area contributed by atoms with Crippen LogP contribution in [0.15, 0.2) is 35.1 Å². The molecule has 32 heavy (non-hydrogen) atoms. The molecule has 2 amide bonds. The first-order chi connectivity index (χ1) is 15.3. The molecular weight excluding hydrogens is 476 g/mol. The van der Waals surface area contributed by atoms with E-state index in [0.29, 0.717) is 39.2 Å². The Balaban J connectivity index is 1.40. The van der Waals surface area contributed by atoms with Crippen LogP contribution >= 0.6 is 15.9 Å². The van der Waals surface area contributed by atoms with Gasteiger partial charge in [0.15, 0.2) is 11.5 Å². The van der Waals surface area contributed by atoms with Gasteiger partial charge in [-0.1, -0.05) is 6.07 Å². The summed E-state index contributed by atoms with van der Waals surface area (Å²) in [7, 11) is 0. The van der Waals surface area contributed by atoms with Gasteiger partial charge in [-0.25, -0.2) is 4.98 Å². The van der Waals surface area contributed by atoms with Crippen molar-refractivity contribution in [3.8, 4) is 0 Å². The maximum Gasteiger partial charge on any atom is 0.269 e. The Morgan fingerprint density at radius 1 is 1.22 bits per heavy atom. The smallest absolute Gasteiger partial charge is 0.269 e. The van der Waals surface area contributed by atoms with Crippen molar-refractivity contribution in [2.45, 2.75) is 44.8 Å². The molecule has 2 N–H and O–H groups in total. The van der Waals surface area contributed by atoms with Gasteiger partial charge in [-0.2, -0.15) is 5.10 Å². The first kappa shape index (κ1) is 20.7. The van der Waals surface area contributed by atoms with E-state index in [1.54, 1.807) is 30.2 Å². The summed E-state index contributed by atoms with van der Waals surface area (Å²) in [5.74, 6) is -0.511. The number of ketones is 1. The molecule has 3 aromatic heterocycles. The summed E-state index contributed by atoms with van der Waals surface area (Å²) in [6.07, 6.45) is 3.35. The topological polar surface area (TPSA) is 124 Å². The second kappa shape index (κ2) is 7.77. The molecule has 0 aromatic carbocycles. The normalized spacial score (nSPS) is 21.6. The number of primary amides is 1. The number of hydrogen-bond donors (Lipinski definition) is 1. The van der Waals surface area contributed by atoms with Crippen molar-refractivity contribution in [3.05, 3.63) is 52.1 Å². The second-order valence-electron chi connectivity index (χ2n) is 8.37. The van der Waals surface area contributed by atoms with E-state index in [1.807, 2.05) is 12.1 Å². The first-order valence-electron chi connectivity index (χ1n) is 10.4. The molecule has 0 radical (unpaired) electrons. The lowest BCUT2D eigenvalue weighted by atomic mass is 10.0. The van der Waals surface area contributed by atoms with Crippen LogP contribution in [0.1, 0.15) is 34.7 Å². The quantitative estimate of drug-likeness (QED) is 0.518. The van der Waals surface area contributed by atoms with Crippen LogP contribution in [0.3, 0.4) is 0 Å². The largest absolute Gasteiger partial charge is 0.364 e. The number of Topliss-reactive ketones (excluding diaryl/α,β-unsaturated/α-hetero) is 1. The zero-order valence-electron chi connectivity index (χ0n) is 17.4. The lowest BCUT2D eigenvalue weighted by Gasteiger charge is -2.27. The maximum absolute atomic E-state index is 13.4. The summed E-state index contributed by atoms with van der Waals surface area (Å²) in [6, 6.07) is 6.74. The molecule has 3 atom stereocenters. The fraction of sp³-hybridized carbons (Fsp3) is 0.364. The summed E-state index contributed by atoms with van der Waals surface area (Å²) in [4.78, 5) is 48.6. The molecule has 2 aliphatic rings. The monoisotopic (exact) mass is 496 g/mol. The highest BCUT2D eigenvalue weighted by molar-refractivity contribution is 9.10. The van der Waals surface area contributed by atoms with Gasteiger partial charge in [-0.15, -0.1) is 0 Å². The third-order valence-corrected chi connectivity index (χ3v) is 6.69. The molecule has 3 aromatic rings. The summed E-state index contributed by atoms with van der Waals surface area (Å²) in [5.41, 5.74) is 7.51. The van der Waals surface area contributed by atoms with Crippen LogP contribution in [0.5, 0.6) is 0 Å². The molecule has 4 heterocycles. The number of amides is 2. The molecule has 164 valence electrons. The van der Waals surface area contributed by atoms with E-state index in [2.05, 4.69) is 31.0 Å². The van der Waals surface area contributed by atoms with Crippen molar-refractivity contribution < 1.29 is 14.4 Å². The average molecular weight is 497 g/mol. The Morgan fingerprint density at radius 2 is 2.03 bits per heavy atom. The van der Waals surface area contributed by atoms with E-state index in [-0.39, 0.29) is 36.4 Å². The number of fused-ring (bicyclic) bond motifs is 2. The lowest BCUT2D eigenvalue weighted by molar-refractivity contribution is -0.139. The number of piperidine rings is 1. The SMILES string of the molecule is Cc1nccc2c(C(N)=O)nn(CC(=O)N3[C@@H]4C[C@@H]4C[C@H]3C(=O)Cc3cccc(Br)n3)c12. The molecule has 0 unspecified atom stereocenters. The summed E-state index contributed by atoms with van der Waals surface area (Å²) >= 11 is 3.33. The Morgan fingerprint density at radius 3 is 2.78 bits per heavy atom. The van der Waals surface area contributed by atoms with Gasteiger partial charge in [-0.3, -0.25) is 24.0 Å². The number of nitrogens with two attached hydrogens (primary N) is 1. The maximum atomic E-state index is 13.4. The molecule has 5 rings (SSSR count). The van der Waals surface area contributed by atoms with Crippen LogP contribution in [-0.2, 0) is 22.6 Å². The molecule has 0 spiro atoms. The third kappa shape index (κ3) is 3.58. The van der Waals surface area contributed by atoms with Crippen LogP contribution in [0.25, 0.3) is 10.9 Å². The number of carbonyl (C=O) groups excluding carboxylic acids is 3. The van der Waals surface area contributed by atoms with E-state index in [4.69, 9.17) is 5.73 Å². The lowest BCUT2D eigenvalue weighted by Crippen LogP contribution is -2.45. The number of hydrogen-bond acceptors (Lipinski definition) is 6. The highest BCUT2D eigenvalue weighted by atomic mass is 79.9. The number of carbonyl (C=O) groups is 3. The van der Waals surface area contributed by atoms with E-state index in [0.717, 1.165) is 6.42 Å². The third-order valence-electron chi connectivity index (χ3n) is 6.25. The Labute approximate surface area is 192 Å².